The van der Waals surface area contributed by atoms with E-state index in [1.807, 2.05) is 13.0 Å². The number of carbonyl (C=O) groups is 2. The summed E-state index contributed by atoms with van der Waals surface area (Å²) in [5.41, 5.74) is 1.41. The van der Waals surface area contributed by atoms with Crippen molar-refractivity contribution in [2.24, 2.45) is 0 Å². The van der Waals surface area contributed by atoms with Crippen molar-refractivity contribution in [1.29, 1.82) is 0 Å². The lowest BCUT2D eigenvalue weighted by Gasteiger charge is -2.34. The molecular formula is C21H30FN3O2. The lowest BCUT2D eigenvalue weighted by Crippen LogP contribution is -2.45. The zero-order valence-corrected chi connectivity index (χ0v) is 16.2. The van der Waals surface area contributed by atoms with E-state index in [1.165, 1.54) is 6.07 Å². The van der Waals surface area contributed by atoms with Gasteiger partial charge in [-0.3, -0.25) is 9.59 Å². The van der Waals surface area contributed by atoms with E-state index in [9.17, 15) is 14.0 Å². The molecule has 1 aromatic carbocycles. The Morgan fingerprint density at radius 2 is 2.00 bits per heavy atom. The maximum absolute atomic E-state index is 14.0. The normalized spacial score (nSPS) is 18.4. The van der Waals surface area contributed by atoms with Crippen LogP contribution in [0.5, 0.6) is 0 Å². The molecule has 0 bridgehead atoms. The molecule has 27 heavy (non-hydrogen) atoms. The Morgan fingerprint density at radius 1 is 1.22 bits per heavy atom. The third-order valence-corrected chi connectivity index (χ3v) is 5.56. The first-order chi connectivity index (χ1) is 13.1. The van der Waals surface area contributed by atoms with Crippen molar-refractivity contribution < 1.29 is 14.0 Å². The molecule has 0 radical (unpaired) electrons. The molecule has 0 spiro atoms. The molecule has 1 fully saturated rings. The third kappa shape index (κ3) is 5.06. The van der Waals surface area contributed by atoms with Gasteiger partial charge in [0.25, 0.3) is 0 Å². The van der Waals surface area contributed by atoms with E-state index in [0.29, 0.717) is 37.4 Å². The summed E-state index contributed by atoms with van der Waals surface area (Å²) in [5.74, 6) is 0.0353. The van der Waals surface area contributed by atoms with E-state index in [2.05, 4.69) is 10.2 Å². The second-order valence-corrected chi connectivity index (χ2v) is 7.57. The number of fused-ring (bicyclic) bond motifs is 1. The lowest BCUT2D eigenvalue weighted by molar-refractivity contribution is -0.122. The predicted molar refractivity (Wildman–Crippen MR) is 104 cm³/mol. The zero-order valence-electron chi connectivity index (χ0n) is 16.2. The number of anilines is 1. The highest BCUT2D eigenvalue weighted by atomic mass is 19.1. The average Bonchev–Trinajstić information content (AvgIpc) is 2.65. The summed E-state index contributed by atoms with van der Waals surface area (Å²) in [4.78, 5) is 28.1. The summed E-state index contributed by atoms with van der Waals surface area (Å²) in [6, 6.07) is 5.28. The Kier molecular flexibility index (Phi) is 6.83. The third-order valence-electron chi connectivity index (χ3n) is 5.56. The van der Waals surface area contributed by atoms with Gasteiger partial charge in [-0.05, 0) is 50.8 Å². The Bertz CT molecular complexity index is 671. The van der Waals surface area contributed by atoms with Gasteiger partial charge in [0.2, 0.25) is 11.8 Å². The number of hydrogen-bond acceptors (Lipinski definition) is 3. The average molecular weight is 375 g/mol. The van der Waals surface area contributed by atoms with Crippen molar-refractivity contribution in [2.75, 3.05) is 31.1 Å². The van der Waals surface area contributed by atoms with Crippen LogP contribution in [0.3, 0.4) is 0 Å². The van der Waals surface area contributed by atoms with Crippen LogP contribution in [0.2, 0.25) is 0 Å². The SMILES string of the molecule is CCCC(=O)NC1CCN(CCCN2C(=O)CCc3c(F)cccc32)CC1. The Labute approximate surface area is 160 Å². The van der Waals surface area contributed by atoms with Crippen LogP contribution in [-0.2, 0) is 16.0 Å². The van der Waals surface area contributed by atoms with Crippen LogP contribution in [0.25, 0.3) is 0 Å². The second kappa shape index (κ2) is 9.31. The zero-order chi connectivity index (χ0) is 19.2. The van der Waals surface area contributed by atoms with Crippen LogP contribution < -0.4 is 10.2 Å². The molecule has 2 aliphatic heterocycles. The smallest absolute Gasteiger partial charge is 0.227 e. The molecule has 0 atom stereocenters. The topological polar surface area (TPSA) is 52.7 Å². The minimum absolute atomic E-state index is 0.0884. The van der Waals surface area contributed by atoms with E-state index < -0.39 is 0 Å². The second-order valence-electron chi connectivity index (χ2n) is 7.57. The van der Waals surface area contributed by atoms with E-state index in [-0.39, 0.29) is 17.6 Å². The van der Waals surface area contributed by atoms with Crippen LogP contribution >= 0.6 is 0 Å². The quantitative estimate of drug-likeness (QED) is 0.797. The van der Waals surface area contributed by atoms with Gasteiger partial charge in [0.05, 0.1) is 0 Å². The molecule has 1 saturated heterocycles. The van der Waals surface area contributed by atoms with E-state index in [4.69, 9.17) is 0 Å². The maximum atomic E-state index is 14.0. The lowest BCUT2D eigenvalue weighted by atomic mass is 10.00. The van der Waals surface area contributed by atoms with Gasteiger partial charge in [0.1, 0.15) is 5.82 Å². The van der Waals surface area contributed by atoms with E-state index in [0.717, 1.165) is 51.0 Å². The monoisotopic (exact) mass is 375 g/mol. The summed E-state index contributed by atoms with van der Waals surface area (Å²) in [6.45, 7) is 5.50. The minimum Gasteiger partial charge on any atom is -0.353 e. The van der Waals surface area contributed by atoms with Crippen LogP contribution in [0.4, 0.5) is 10.1 Å². The molecule has 2 heterocycles. The van der Waals surface area contributed by atoms with Crippen molar-refractivity contribution in [3.05, 3.63) is 29.6 Å². The number of benzene rings is 1. The molecule has 148 valence electrons. The standard InChI is InChI=1S/C21H30FN3O2/c1-2-5-20(26)23-16-10-14-24(15-11-16)12-4-13-25-19-7-3-6-18(22)17(19)8-9-21(25)27/h3,6-7,16H,2,4-5,8-15H2,1H3,(H,23,26). The predicted octanol–water partition coefficient (Wildman–Crippen LogP) is 2.88. The van der Waals surface area contributed by atoms with Crippen LogP contribution in [0, 0.1) is 5.82 Å². The molecule has 5 nitrogen and oxygen atoms in total. The first-order valence-corrected chi connectivity index (χ1v) is 10.2. The molecule has 0 saturated carbocycles. The minimum atomic E-state index is -0.211. The van der Waals surface area contributed by atoms with Crippen molar-refractivity contribution in [3.8, 4) is 0 Å². The Balaban J connectivity index is 1.44. The largest absolute Gasteiger partial charge is 0.353 e. The fourth-order valence-electron chi connectivity index (χ4n) is 4.07. The van der Waals surface area contributed by atoms with Crippen LogP contribution in [-0.4, -0.2) is 48.9 Å². The number of likely N-dealkylation sites (tertiary alicyclic amines) is 1. The number of nitrogens with one attached hydrogen (secondary N) is 1. The number of carbonyl (C=O) groups excluding carboxylic acids is 2. The Hall–Kier alpha value is -1.95. The molecule has 1 aromatic rings. The number of piperidine rings is 1. The van der Waals surface area contributed by atoms with Gasteiger partial charge >= 0.3 is 0 Å². The highest BCUT2D eigenvalue weighted by Crippen LogP contribution is 2.29. The maximum Gasteiger partial charge on any atom is 0.227 e. The van der Waals surface area contributed by atoms with Gasteiger partial charge in [-0.15, -0.1) is 0 Å². The summed E-state index contributed by atoms with van der Waals surface area (Å²) in [7, 11) is 0. The van der Waals surface area contributed by atoms with Gasteiger partial charge in [0.15, 0.2) is 0 Å². The van der Waals surface area contributed by atoms with Crippen molar-refractivity contribution in [2.45, 2.75) is 57.9 Å². The first kappa shape index (κ1) is 19.8. The highest BCUT2D eigenvalue weighted by molar-refractivity contribution is 5.96. The molecule has 0 aromatic heterocycles. The fourth-order valence-corrected chi connectivity index (χ4v) is 4.07. The first-order valence-electron chi connectivity index (χ1n) is 10.2. The molecule has 0 aliphatic carbocycles. The van der Waals surface area contributed by atoms with E-state index in [1.54, 1.807) is 11.0 Å². The van der Waals surface area contributed by atoms with Gasteiger partial charge in [-0.1, -0.05) is 13.0 Å². The summed E-state index contributed by atoms with van der Waals surface area (Å²) < 4.78 is 14.0. The number of halogens is 1. The number of nitrogens with zero attached hydrogens (tertiary/aromatic N) is 2. The number of amides is 2. The highest BCUT2D eigenvalue weighted by Gasteiger charge is 2.26. The summed E-state index contributed by atoms with van der Waals surface area (Å²) >= 11 is 0. The number of rotatable bonds is 7. The van der Waals surface area contributed by atoms with Gasteiger partial charge < -0.3 is 15.1 Å². The molecule has 1 N–H and O–H groups in total. The Morgan fingerprint density at radius 3 is 2.74 bits per heavy atom. The molecule has 6 heteroatoms. The van der Waals surface area contributed by atoms with Crippen molar-refractivity contribution in [1.82, 2.24) is 10.2 Å². The number of hydrogen-bond donors (Lipinski definition) is 1. The molecule has 0 unspecified atom stereocenters. The molecular weight excluding hydrogens is 345 g/mol. The van der Waals surface area contributed by atoms with Crippen molar-refractivity contribution in [3.63, 3.8) is 0 Å². The van der Waals surface area contributed by atoms with Gasteiger partial charge in [0, 0.05) is 49.8 Å². The van der Waals surface area contributed by atoms with Gasteiger partial charge in [-0.2, -0.15) is 0 Å². The van der Waals surface area contributed by atoms with Crippen LogP contribution in [0.1, 0.15) is 51.0 Å². The molecule has 2 amide bonds. The molecule has 3 rings (SSSR count). The van der Waals surface area contributed by atoms with Crippen molar-refractivity contribution >= 4 is 17.5 Å². The van der Waals surface area contributed by atoms with E-state index >= 15 is 0 Å². The van der Waals surface area contributed by atoms with Crippen LogP contribution in [0.15, 0.2) is 18.2 Å². The molecule has 2 aliphatic rings. The fraction of sp³-hybridized carbons (Fsp3) is 0.619. The summed E-state index contributed by atoms with van der Waals surface area (Å²) in [6.07, 6.45) is 5.19. The summed E-state index contributed by atoms with van der Waals surface area (Å²) in [5, 5.41) is 3.12. The van der Waals surface area contributed by atoms with Gasteiger partial charge in [-0.25, -0.2) is 4.39 Å².